The zero-order valence-electron chi connectivity index (χ0n) is 7.45. The van der Waals surface area contributed by atoms with E-state index in [9.17, 15) is 4.79 Å². The summed E-state index contributed by atoms with van der Waals surface area (Å²) >= 11 is 0. The van der Waals surface area contributed by atoms with Gasteiger partial charge in [0.05, 0.1) is 13.3 Å². The first kappa shape index (κ1) is 10.1. The Morgan fingerprint density at radius 1 is 1.86 bits per heavy atom. The van der Waals surface area contributed by atoms with Gasteiger partial charge in [-0.3, -0.25) is 15.5 Å². The Balaban J connectivity index is 2.40. The van der Waals surface area contributed by atoms with Crippen molar-refractivity contribution in [1.29, 1.82) is 5.26 Å². The quantitative estimate of drug-likeness (QED) is 0.174. The zero-order valence-corrected chi connectivity index (χ0v) is 7.45. The van der Waals surface area contributed by atoms with Gasteiger partial charge < -0.3 is 11.1 Å². The molecule has 0 aromatic carbocycles. The summed E-state index contributed by atoms with van der Waals surface area (Å²) in [4.78, 5) is 16.3. The van der Waals surface area contributed by atoms with Crippen LogP contribution in [0.15, 0.2) is 4.99 Å². The fraction of sp³-hybridized carbons (Fsp3) is 0.500. The maximum absolute atomic E-state index is 11.1. The highest BCUT2D eigenvalue weighted by Crippen LogP contribution is 1.91. The van der Waals surface area contributed by atoms with E-state index >= 15 is 0 Å². The van der Waals surface area contributed by atoms with Crippen molar-refractivity contribution < 1.29 is 4.79 Å². The van der Waals surface area contributed by atoms with Gasteiger partial charge in [-0.2, -0.15) is 5.26 Å². The van der Waals surface area contributed by atoms with Gasteiger partial charge in [-0.05, 0) is 0 Å². The smallest absolute Gasteiger partial charge is 0.320 e. The van der Waals surface area contributed by atoms with Crippen LogP contribution in [0.2, 0.25) is 0 Å². The molecule has 0 aromatic heterocycles. The number of urea groups is 1. The Morgan fingerprint density at radius 3 is 3.29 bits per heavy atom. The van der Waals surface area contributed by atoms with Gasteiger partial charge >= 0.3 is 6.03 Å². The van der Waals surface area contributed by atoms with Crippen LogP contribution in [0.3, 0.4) is 0 Å². The Hall–Kier alpha value is -2.01. The van der Waals surface area contributed by atoms with Crippen LogP contribution >= 0.6 is 0 Å². The van der Waals surface area contributed by atoms with Crippen LogP contribution in [-0.4, -0.2) is 36.9 Å². The number of hydrogen-bond donors (Lipinski definition) is 4. The Kier molecular flexibility index (Phi) is 3.51. The summed E-state index contributed by atoms with van der Waals surface area (Å²) in [6.45, 7) is 0.972. The number of nitrogens with one attached hydrogen (secondary N) is 3. The molecule has 0 saturated carbocycles. The second-order valence-corrected chi connectivity index (χ2v) is 2.53. The lowest BCUT2D eigenvalue weighted by Gasteiger charge is -2.26. The summed E-state index contributed by atoms with van der Waals surface area (Å²) in [5.41, 5.74) is 5.28. The van der Waals surface area contributed by atoms with Gasteiger partial charge in [0.2, 0.25) is 5.96 Å². The number of guanidine groups is 1. The lowest BCUT2D eigenvalue weighted by atomic mass is 10.6. The summed E-state index contributed by atoms with van der Waals surface area (Å²) < 4.78 is 0. The molecular formula is C6H11N7O. The van der Waals surface area contributed by atoms with Gasteiger partial charge in [-0.25, -0.2) is 9.79 Å². The first-order valence-electron chi connectivity index (χ1n) is 3.92. The average Bonchev–Trinajstić information content (AvgIpc) is 2.17. The van der Waals surface area contributed by atoms with Crippen molar-refractivity contribution >= 4 is 12.0 Å². The minimum absolute atomic E-state index is 0.00845. The van der Waals surface area contributed by atoms with Crippen LogP contribution < -0.4 is 21.7 Å². The molecule has 0 atom stereocenters. The molecule has 0 aromatic rings. The van der Waals surface area contributed by atoms with Crippen LogP contribution in [0.25, 0.3) is 0 Å². The maximum Gasteiger partial charge on any atom is 0.320 e. The van der Waals surface area contributed by atoms with E-state index in [2.05, 4.69) is 20.9 Å². The van der Waals surface area contributed by atoms with E-state index in [0.29, 0.717) is 13.3 Å². The molecule has 0 bridgehead atoms. The number of carbonyl (C=O) groups is 1. The maximum atomic E-state index is 11.1. The van der Waals surface area contributed by atoms with Gasteiger partial charge in [0.15, 0.2) is 6.19 Å². The molecule has 2 amide bonds. The molecule has 1 rings (SSSR count). The third kappa shape index (κ3) is 2.80. The Labute approximate surface area is 80.8 Å². The first-order valence-corrected chi connectivity index (χ1v) is 3.92. The van der Waals surface area contributed by atoms with Crippen molar-refractivity contribution in [2.24, 2.45) is 10.7 Å². The number of nitrogens with two attached hydrogens (primary N) is 1. The largest absolute Gasteiger partial charge is 0.369 e. The highest BCUT2D eigenvalue weighted by molar-refractivity contribution is 5.80. The van der Waals surface area contributed by atoms with E-state index in [0.717, 1.165) is 0 Å². The number of amides is 2. The van der Waals surface area contributed by atoms with Crippen molar-refractivity contribution in [1.82, 2.24) is 20.9 Å². The SMILES string of the molecule is N#CNC(N)=NCN1CNCNC1=O. The van der Waals surface area contributed by atoms with Crippen LogP contribution in [0.5, 0.6) is 0 Å². The van der Waals surface area contributed by atoms with Crippen LogP contribution in [0.4, 0.5) is 4.79 Å². The van der Waals surface area contributed by atoms with E-state index in [1.54, 1.807) is 6.19 Å². The van der Waals surface area contributed by atoms with E-state index in [1.807, 2.05) is 0 Å². The molecule has 8 heteroatoms. The molecule has 0 aliphatic carbocycles. The van der Waals surface area contributed by atoms with Gasteiger partial charge in [0.25, 0.3) is 0 Å². The van der Waals surface area contributed by atoms with E-state index in [1.165, 1.54) is 4.90 Å². The normalized spacial score (nSPS) is 17.2. The number of hydrogen-bond acceptors (Lipinski definition) is 4. The predicted molar refractivity (Wildman–Crippen MR) is 48.5 cm³/mol. The highest BCUT2D eigenvalue weighted by atomic mass is 16.2. The number of aliphatic imine (C=N–C) groups is 1. The lowest BCUT2D eigenvalue weighted by Crippen LogP contribution is -2.54. The van der Waals surface area contributed by atoms with Crippen LogP contribution in [0.1, 0.15) is 0 Å². The molecule has 1 aliphatic heterocycles. The standard InChI is InChI=1S/C6H11N7O/c7-1-10-5(8)12-4-13-3-9-2-11-6(13)14/h9H,2-4H2,(H,11,14)(H3,8,10,12). The zero-order chi connectivity index (χ0) is 10.4. The third-order valence-corrected chi connectivity index (χ3v) is 1.55. The molecule has 1 aliphatic rings. The monoisotopic (exact) mass is 197 g/mol. The summed E-state index contributed by atoms with van der Waals surface area (Å²) in [5.74, 6) is -0.00845. The van der Waals surface area contributed by atoms with E-state index in [-0.39, 0.29) is 18.7 Å². The van der Waals surface area contributed by atoms with Crippen molar-refractivity contribution in [2.45, 2.75) is 0 Å². The Bertz CT molecular complexity index is 280. The molecular weight excluding hydrogens is 186 g/mol. The molecule has 0 spiro atoms. The van der Waals surface area contributed by atoms with Crippen molar-refractivity contribution in [3.63, 3.8) is 0 Å². The molecule has 5 N–H and O–H groups in total. The highest BCUT2D eigenvalue weighted by Gasteiger charge is 2.15. The van der Waals surface area contributed by atoms with Crippen molar-refractivity contribution in [3.05, 3.63) is 0 Å². The van der Waals surface area contributed by atoms with Gasteiger partial charge in [-0.15, -0.1) is 0 Å². The summed E-state index contributed by atoms with van der Waals surface area (Å²) in [6.07, 6.45) is 1.63. The van der Waals surface area contributed by atoms with Crippen LogP contribution in [-0.2, 0) is 0 Å². The predicted octanol–water partition coefficient (Wildman–Crippen LogP) is -2.14. The molecule has 0 unspecified atom stereocenters. The summed E-state index contributed by atoms with van der Waals surface area (Å²) in [5, 5.41) is 15.8. The van der Waals surface area contributed by atoms with E-state index in [4.69, 9.17) is 11.0 Å². The minimum atomic E-state index is -0.211. The molecule has 1 fully saturated rings. The molecule has 8 nitrogen and oxygen atoms in total. The molecule has 1 saturated heterocycles. The van der Waals surface area contributed by atoms with Crippen molar-refractivity contribution in [3.8, 4) is 6.19 Å². The molecule has 0 radical (unpaired) electrons. The fourth-order valence-electron chi connectivity index (χ4n) is 0.885. The number of carbonyl (C=O) groups excluding carboxylic acids is 1. The average molecular weight is 197 g/mol. The lowest BCUT2D eigenvalue weighted by molar-refractivity contribution is 0.180. The second kappa shape index (κ2) is 4.88. The number of nitrogens with zero attached hydrogens (tertiary/aromatic N) is 3. The van der Waals surface area contributed by atoms with Gasteiger partial charge in [-0.1, -0.05) is 0 Å². The third-order valence-electron chi connectivity index (χ3n) is 1.55. The van der Waals surface area contributed by atoms with Gasteiger partial charge in [0, 0.05) is 0 Å². The van der Waals surface area contributed by atoms with E-state index < -0.39 is 0 Å². The first-order chi connectivity index (χ1) is 6.74. The molecule has 1 heterocycles. The Morgan fingerprint density at radius 2 is 2.64 bits per heavy atom. The topological polar surface area (TPSA) is 119 Å². The summed E-state index contributed by atoms with van der Waals surface area (Å²) in [6, 6.07) is -0.211. The number of rotatable bonds is 2. The molecule has 14 heavy (non-hydrogen) atoms. The van der Waals surface area contributed by atoms with Gasteiger partial charge in [0.1, 0.15) is 6.67 Å². The summed E-state index contributed by atoms with van der Waals surface area (Å²) in [7, 11) is 0. The molecule has 76 valence electrons. The van der Waals surface area contributed by atoms with Crippen LogP contribution in [0, 0.1) is 11.5 Å². The second-order valence-electron chi connectivity index (χ2n) is 2.53. The van der Waals surface area contributed by atoms with Crippen molar-refractivity contribution in [2.75, 3.05) is 20.0 Å². The minimum Gasteiger partial charge on any atom is -0.369 e. The fourth-order valence-corrected chi connectivity index (χ4v) is 0.885. The number of nitriles is 1.